The van der Waals surface area contributed by atoms with Crippen LogP contribution in [0.15, 0.2) is 35.3 Å². The lowest BCUT2D eigenvalue weighted by Gasteiger charge is -2.24. The minimum atomic E-state index is -0.660. The summed E-state index contributed by atoms with van der Waals surface area (Å²) < 4.78 is 21.0. The van der Waals surface area contributed by atoms with Gasteiger partial charge in [-0.15, -0.1) is 11.3 Å². The molecule has 0 spiro atoms. The van der Waals surface area contributed by atoms with Gasteiger partial charge in [0, 0.05) is 28.3 Å². The summed E-state index contributed by atoms with van der Waals surface area (Å²) in [7, 11) is 0. The molecule has 5 rings (SSSR count). The van der Waals surface area contributed by atoms with Gasteiger partial charge in [-0.1, -0.05) is 17.7 Å². The number of ether oxygens (including phenoxy) is 1. The normalized spacial score (nSPS) is 16.1. The Hall–Kier alpha value is -3.73. The van der Waals surface area contributed by atoms with Crippen molar-refractivity contribution in [2.24, 2.45) is 0 Å². The Morgan fingerprint density at radius 3 is 2.74 bits per heavy atom. The Bertz CT molecular complexity index is 1470. The molecule has 0 saturated heterocycles. The third-order valence-electron chi connectivity index (χ3n) is 6.73. The van der Waals surface area contributed by atoms with Crippen molar-refractivity contribution in [1.82, 2.24) is 19.8 Å². The number of anilines is 1. The molecule has 2 amide bonds. The van der Waals surface area contributed by atoms with Crippen molar-refractivity contribution >= 4 is 29.0 Å². The van der Waals surface area contributed by atoms with Crippen LogP contribution in [0.1, 0.15) is 65.5 Å². The van der Waals surface area contributed by atoms with Crippen molar-refractivity contribution in [3.63, 3.8) is 0 Å². The molecule has 0 aliphatic carbocycles. The maximum Gasteiger partial charge on any atom is 0.410 e. The molecule has 1 aromatic carbocycles. The number of carbonyl (C=O) groups excluding carboxylic acids is 2. The molecule has 3 aromatic rings. The highest BCUT2D eigenvalue weighted by molar-refractivity contribution is 7.12. The highest BCUT2D eigenvalue weighted by Gasteiger charge is 2.32. The number of nitrogens with one attached hydrogen (secondary N) is 2. The van der Waals surface area contributed by atoms with Crippen LogP contribution in [-0.2, 0) is 42.1 Å². The van der Waals surface area contributed by atoms with E-state index in [9.17, 15) is 18.8 Å². The van der Waals surface area contributed by atoms with Crippen LogP contribution >= 0.6 is 11.3 Å². The lowest BCUT2D eigenvalue weighted by atomic mass is 10.1. The molecule has 11 heteroatoms. The average Bonchev–Trinajstić information content (AvgIpc) is 3.56. The molecule has 1 unspecified atom stereocenters. The Labute approximate surface area is 230 Å². The number of carbonyl (C=O) groups is 2. The van der Waals surface area contributed by atoms with E-state index in [0.717, 1.165) is 20.9 Å². The second kappa shape index (κ2) is 10.4. The van der Waals surface area contributed by atoms with Crippen molar-refractivity contribution < 1.29 is 18.7 Å². The highest BCUT2D eigenvalue weighted by atomic mass is 32.1. The maximum absolute atomic E-state index is 14.1. The number of hydrogen-bond donors (Lipinski definition) is 2. The third-order valence-corrected chi connectivity index (χ3v) is 7.89. The van der Waals surface area contributed by atoms with Gasteiger partial charge in [0.15, 0.2) is 0 Å². The molecule has 39 heavy (non-hydrogen) atoms. The number of rotatable bonds is 6. The summed E-state index contributed by atoms with van der Waals surface area (Å²) in [5.41, 5.74) is 1.76. The molecule has 206 valence electrons. The highest BCUT2D eigenvalue weighted by Crippen LogP contribution is 2.32. The topological polar surface area (TPSA) is 106 Å². The SMILES string of the molecule is Cc1ccc(F)c(CNc2cnc3n(c2=O)C(C(=O)NCc2cc4c(s2)CN(C(=O)OC(C)(C)C)C4)CC3)c1. The van der Waals surface area contributed by atoms with E-state index in [1.165, 1.54) is 16.8 Å². The van der Waals surface area contributed by atoms with Crippen molar-refractivity contribution in [1.29, 1.82) is 0 Å². The number of fused-ring (bicyclic) bond motifs is 2. The van der Waals surface area contributed by atoms with Gasteiger partial charge in [-0.2, -0.15) is 0 Å². The Morgan fingerprint density at radius 2 is 2.00 bits per heavy atom. The summed E-state index contributed by atoms with van der Waals surface area (Å²) >= 11 is 1.56. The zero-order valence-electron chi connectivity index (χ0n) is 22.5. The molecular formula is C28H32FN5O4S. The number of aryl methyl sites for hydroxylation is 2. The number of nitrogens with zero attached hydrogens (tertiary/aromatic N) is 3. The Kier molecular flexibility index (Phi) is 7.19. The number of amides is 2. The minimum Gasteiger partial charge on any atom is -0.444 e. The van der Waals surface area contributed by atoms with Crippen LogP contribution in [0.4, 0.5) is 14.9 Å². The summed E-state index contributed by atoms with van der Waals surface area (Å²) in [6.07, 6.45) is 2.12. The standard InChI is InChI=1S/C28H32FN5O4S/c1-16-5-6-20(29)17(9-16)11-30-21-13-31-24-8-7-22(34(24)26(21)36)25(35)32-12-19-10-18-14-33(15-23(18)39-19)27(37)38-28(2,3)4/h5-6,9-10,13,22,30H,7-8,11-12,14-15H2,1-4H3,(H,32,35). The number of halogens is 1. The molecular weight excluding hydrogens is 521 g/mol. The molecule has 4 heterocycles. The van der Waals surface area contributed by atoms with Crippen molar-refractivity contribution in [3.8, 4) is 0 Å². The van der Waals surface area contributed by atoms with Gasteiger partial charge < -0.3 is 15.4 Å². The van der Waals surface area contributed by atoms with Gasteiger partial charge in [-0.3, -0.25) is 19.1 Å². The van der Waals surface area contributed by atoms with Gasteiger partial charge in [0.25, 0.3) is 5.56 Å². The number of hydrogen-bond acceptors (Lipinski definition) is 7. The minimum absolute atomic E-state index is 0.134. The zero-order chi connectivity index (χ0) is 27.9. The predicted molar refractivity (Wildman–Crippen MR) is 146 cm³/mol. The molecule has 2 N–H and O–H groups in total. The molecule has 0 radical (unpaired) electrons. The van der Waals surface area contributed by atoms with Gasteiger partial charge in [0.2, 0.25) is 5.91 Å². The first-order valence-electron chi connectivity index (χ1n) is 12.9. The van der Waals surface area contributed by atoms with Gasteiger partial charge >= 0.3 is 6.09 Å². The van der Waals surface area contributed by atoms with Crippen LogP contribution < -0.4 is 16.2 Å². The number of aromatic nitrogens is 2. The van der Waals surface area contributed by atoms with E-state index in [1.807, 2.05) is 33.8 Å². The maximum atomic E-state index is 14.1. The van der Waals surface area contributed by atoms with Crippen molar-refractivity contribution in [2.45, 2.75) is 78.4 Å². The van der Waals surface area contributed by atoms with Gasteiger partial charge in [0.1, 0.15) is 29.0 Å². The van der Waals surface area contributed by atoms with E-state index in [-0.39, 0.29) is 35.6 Å². The molecule has 2 aliphatic heterocycles. The lowest BCUT2D eigenvalue weighted by molar-refractivity contribution is -0.124. The predicted octanol–water partition coefficient (Wildman–Crippen LogP) is 4.42. The first kappa shape index (κ1) is 26.9. The van der Waals surface area contributed by atoms with Crippen LogP contribution in [0, 0.1) is 12.7 Å². The molecule has 1 atom stereocenters. The molecule has 0 fully saturated rings. The second-order valence-electron chi connectivity index (χ2n) is 11.0. The van der Waals surface area contributed by atoms with Crippen LogP contribution in [0.25, 0.3) is 0 Å². The van der Waals surface area contributed by atoms with Crippen LogP contribution in [0.5, 0.6) is 0 Å². The van der Waals surface area contributed by atoms with E-state index in [0.29, 0.717) is 43.9 Å². The van der Waals surface area contributed by atoms with E-state index in [2.05, 4.69) is 15.6 Å². The summed E-state index contributed by atoms with van der Waals surface area (Å²) in [5, 5.41) is 5.95. The number of thiophene rings is 1. The molecule has 2 aliphatic rings. The quantitative estimate of drug-likeness (QED) is 0.468. The lowest BCUT2D eigenvalue weighted by Crippen LogP contribution is -2.36. The fourth-order valence-electron chi connectivity index (χ4n) is 4.87. The summed E-state index contributed by atoms with van der Waals surface area (Å²) in [4.78, 5) is 46.8. The van der Waals surface area contributed by atoms with E-state index >= 15 is 0 Å². The molecule has 9 nitrogen and oxygen atoms in total. The Balaban J connectivity index is 1.21. The summed E-state index contributed by atoms with van der Waals surface area (Å²) in [6.45, 7) is 8.84. The second-order valence-corrected chi connectivity index (χ2v) is 12.2. The molecule has 0 saturated carbocycles. The smallest absolute Gasteiger partial charge is 0.410 e. The van der Waals surface area contributed by atoms with E-state index in [1.54, 1.807) is 28.4 Å². The van der Waals surface area contributed by atoms with Crippen molar-refractivity contribution in [3.05, 3.63) is 78.9 Å². The van der Waals surface area contributed by atoms with E-state index in [4.69, 9.17) is 4.74 Å². The largest absolute Gasteiger partial charge is 0.444 e. The van der Waals surface area contributed by atoms with E-state index < -0.39 is 11.6 Å². The Morgan fingerprint density at radius 1 is 1.21 bits per heavy atom. The fourth-order valence-corrected chi connectivity index (χ4v) is 6.01. The summed E-state index contributed by atoms with van der Waals surface area (Å²) in [6, 6.07) is 6.17. The van der Waals surface area contributed by atoms with Crippen LogP contribution in [0.3, 0.4) is 0 Å². The van der Waals surface area contributed by atoms with Crippen LogP contribution in [0.2, 0.25) is 0 Å². The average molecular weight is 554 g/mol. The first-order valence-corrected chi connectivity index (χ1v) is 13.8. The monoisotopic (exact) mass is 553 g/mol. The molecule has 0 bridgehead atoms. The van der Waals surface area contributed by atoms with Crippen LogP contribution in [-0.4, -0.2) is 32.1 Å². The van der Waals surface area contributed by atoms with Crippen molar-refractivity contribution in [2.75, 3.05) is 5.32 Å². The summed E-state index contributed by atoms with van der Waals surface area (Å²) in [5.74, 6) is -0.0371. The van der Waals surface area contributed by atoms with Gasteiger partial charge in [0.05, 0.1) is 25.8 Å². The molecule has 2 aromatic heterocycles. The zero-order valence-corrected chi connectivity index (χ0v) is 23.3. The fraction of sp³-hybridized carbons (Fsp3) is 0.429. The third kappa shape index (κ3) is 5.83. The first-order chi connectivity index (χ1) is 18.5. The van der Waals surface area contributed by atoms with Gasteiger partial charge in [-0.25, -0.2) is 14.2 Å². The number of benzene rings is 1. The van der Waals surface area contributed by atoms with Gasteiger partial charge in [-0.05, 0) is 51.8 Å².